The lowest BCUT2D eigenvalue weighted by molar-refractivity contribution is 0.138. The standard InChI is InChI=1S/C15H22FN3O3S/c1-3-17(4-2)15(20)18-9-11-19(12-10-18)23(21,22)14-7-5-13(16)6-8-14/h5-8H,3-4,9-12H2,1-2H3. The molecule has 0 bridgehead atoms. The average Bonchev–Trinajstić information content (AvgIpc) is 2.56. The molecule has 1 heterocycles. The molecule has 1 aliphatic rings. The van der Waals surface area contributed by atoms with E-state index in [2.05, 4.69) is 0 Å². The molecule has 128 valence electrons. The fourth-order valence-electron chi connectivity index (χ4n) is 2.57. The van der Waals surface area contributed by atoms with Gasteiger partial charge in [0.15, 0.2) is 0 Å². The molecular formula is C15H22FN3O3S. The molecule has 8 heteroatoms. The maximum absolute atomic E-state index is 12.9. The fraction of sp³-hybridized carbons (Fsp3) is 0.533. The summed E-state index contributed by atoms with van der Waals surface area (Å²) in [6.07, 6.45) is 0. The maximum Gasteiger partial charge on any atom is 0.320 e. The van der Waals surface area contributed by atoms with Gasteiger partial charge in [0.05, 0.1) is 4.90 Å². The number of sulfonamides is 1. The molecule has 0 atom stereocenters. The highest BCUT2D eigenvalue weighted by Gasteiger charge is 2.31. The lowest BCUT2D eigenvalue weighted by Gasteiger charge is -2.36. The summed E-state index contributed by atoms with van der Waals surface area (Å²) < 4.78 is 39.3. The van der Waals surface area contributed by atoms with E-state index in [4.69, 9.17) is 0 Å². The van der Waals surface area contributed by atoms with Crippen LogP contribution in [0.5, 0.6) is 0 Å². The quantitative estimate of drug-likeness (QED) is 0.834. The van der Waals surface area contributed by atoms with Gasteiger partial charge in [0, 0.05) is 39.3 Å². The van der Waals surface area contributed by atoms with Gasteiger partial charge in [-0.3, -0.25) is 0 Å². The summed E-state index contributed by atoms with van der Waals surface area (Å²) in [7, 11) is -3.64. The van der Waals surface area contributed by atoms with Crippen molar-refractivity contribution in [2.24, 2.45) is 0 Å². The minimum atomic E-state index is -3.64. The van der Waals surface area contributed by atoms with Crippen molar-refractivity contribution >= 4 is 16.1 Å². The van der Waals surface area contributed by atoms with E-state index in [9.17, 15) is 17.6 Å². The highest BCUT2D eigenvalue weighted by atomic mass is 32.2. The van der Waals surface area contributed by atoms with Gasteiger partial charge in [-0.05, 0) is 38.1 Å². The van der Waals surface area contributed by atoms with Gasteiger partial charge in [-0.1, -0.05) is 0 Å². The van der Waals surface area contributed by atoms with E-state index in [1.54, 1.807) is 9.80 Å². The van der Waals surface area contributed by atoms with E-state index in [0.29, 0.717) is 26.2 Å². The first-order valence-electron chi connectivity index (χ1n) is 7.69. The topological polar surface area (TPSA) is 60.9 Å². The third-order valence-corrected chi connectivity index (χ3v) is 5.91. The molecule has 0 aliphatic carbocycles. The SMILES string of the molecule is CCN(CC)C(=O)N1CCN(S(=O)(=O)c2ccc(F)cc2)CC1. The summed E-state index contributed by atoms with van der Waals surface area (Å²) in [4.78, 5) is 15.7. The van der Waals surface area contributed by atoms with E-state index in [1.165, 1.54) is 16.4 Å². The van der Waals surface area contributed by atoms with Crippen molar-refractivity contribution in [1.29, 1.82) is 0 Å². The molecule has 0 saturated carbocycles. The Morgan fingerprint density at radius 1 is 1.09 bits per heavy atom. The van der Waals surface area contributed by atoms with Crippen LogP contribution in [0, 0.1) is 5.82 Å². The second-order valence-corrected chi connectivity index (χ2v) is 7.24. The summed E-state index contributed by atoms with van der Waals surface area (Å²) >= 11 is 0. The Morgan fingerprint density at radius 3 is 2.09 bits per heavy atom. The number of hydrogen-bond acceptors (Lipinski definition) is 3. The van der Waals surface area contributed by atoms with Crippen LogP contribution < -0.4 is 0 Å². The second kappa shape index (κ2) is 7.27. The van der Waals surface area contributed by atoms with Crippen molar-refractivity contribution in [3.8, 4) is 0 Å². The van der Waals surface area contributed by atoms with Gasteiger partial charge in [0.25, 0.3) is 0 Å². The fourth-order valence-corrected chi connectivity index (χ4v) is 3.99. The molecule has 1 saturated heterocycles. The Bertz CT molecular complexity index is 636. The molecule has 2 rings (SSSR count). The first-order valence-corrected chi connectivity index (χ1v) is 9.13. The average molecular weight is 343 g/mol. The number of nitrogens with zero attached hydrogens (tertiary/aromatic N) is 3. The molecule has 1 aromatic carbocycles. The van der Waals surface area contributed by atoms with Crippen LogP contribution in [0.3, 0.4) is 0 Å². The number of hydrogen-bond donors (Lipinski definition) is 0. The molecule has 1 fully saturated rings. The first kappa shape index (κ1) is 17.7. The predicted octanol–water partition coefficient (Wildman–Crippen LogP) is 1.59. The molecule has 23 heavy (non-hydrogen) atoms. The van der Waals surface area contributed by atoms with E-state index >= 15 is 0 Å². The van der Waals surface area contributed by atoms with Crippen LogP contribution in [0.4, 0.5) is 9.18 Å². The Kier molecular flexibility index (Phi) is 5.59. The summed E-state index contributed by atoms with van der Waals surface area (Å²) in [6, 6.07) is 4.73. The van der Waals surface area contributed by atoms with E-state index in [0.717, 1.165) is 12.1 Å². The Hall–Kier alpha value is -1.67. The highest BCUT2D eigenvalue weighted by Crippen LogP contribution is 2.18. The van der Waals surface area contributed by atoms with Crippen molar-refractivity contribution in [2.75, 3.05) is 39.3 Å². The van der Waals surface area contributed by atoms with Crippen molar-refractivity contribution in [1.82, 2.24) is 14.1 Å². The molecule has 0 N–H and O–H groups in total. The second-order valence-electron chi connectivity index (χ2n) is 5.30. The molecule has 1 aliphatic heterocycles. The first-order chi connectivity index (χ1) is 10.9. The molecule has 6 nitrogen and oxygen atoms in total. The smallest absolute Gasteiger partial charge is 0.320 e. The number of carbonyl (C=O) groups is 1. The lowest BCUT2D eigenvalue weighted by atomic mass is 10.3. The van der Waals surface area contributed by atoms with Crippen molar-refractivity contribution in [2.45, 2.75) is 18.7 Å². The number of halogens is 1. The van der Waals surface area contributed by atoms with Crippen molar-refractivity contribution < 1.29 is 17.6 Å². The number of rotatable bonds is 4. The van der Waals surface area contributed by atoms with Gasteiger partial charge in [0.1, 0.15) is 5.82 Å². The number of benzene rings is 1. The number of carbonyl (C=O) groups excluding carboxylic acids is 1. The number of piperazine rings is 1. The Labute approximate surface area is 136 Å². The zero-order valence-corrected chi connectivity index (χ0v) is 14.2. The van der Waals surface area contributed by atoms with E-state index < -0.39 is 15.8 Å². The van der Waals surface area contributed by atoms with Crippen LogP contribution in [0.1, 0.15) is 13.8 Å². The predicted molar refractivity (Wildman–Crippen MR) is 85.0 cm³/mol. The van der Waals surface area contributed by atoms with Crippen molar-refractivity contribution in [3.63, 3.8) is 0 Å². The van der Waals surface area contributed by atoms with Gasteiger partial charge in [-0.25, -0.2) is 17.6 Å². The molecule has 0 unspecified atom stereocenters. The summed E-state index contributed by atoms with van der Waals surface area (Å²) in [6.45, 7) is 6.28. The molecule has 0 radical (unpaired) electrons. The largest absolute Gasteiger partial charge is 0.325 e. The molecular weight excluding hydrogens is 321 g/mol. The van der Waals surface area contributed by atoms with Crippen LogP contribution in [0.25, 0.3) is 0 Å². The van der Waals surface area contributed by atoms with Crippen LogP contribution in [0.2, 0.25) is 0 Å². The summed E-state index contributed by atoms with van der Waals surface area (Å²) in [5, 5.41) is 0. The van der Waals surface area contributed by atoms with Gasteiger partial charge in [-0.15, -0.1) is 0 Å². The van der Waals surface area contributed by atoms with Gasteiger partial charge in [0.2, 0.25) is 10.0 Å². The van der Waals surface area contributed by atoms with Gasteiger partial charge >= 0.3 is 6.03 Å². The molecule has 1 aromatic rings. The Balaban J connectivity index is 2.03. The summed E-state index contributed by atoms with van der Waals surface area (Å²) in [5.41, 5.74) is 0. The Morgan fingerprint density at radius 2 is 1.61 bits per heavy atom. The van der Waals surface area contributed by atoms with Crippen molar-refractivity contribution in [3.05, 3.63) is 30.1 Å². The number of amides is 2. The van der Waals surface area contributed by atoms with Crippen LogP contribution in [0.15, 0.2) is 29.2 Å². The lowest BCUT2D eigenvalue weighted by Crippen LogP contribution is -2.53. The third-order valence-electron chi connectivity index (χ3n) is 3.99. The number of urea groups is 1. The summed E-state index contributed by atoms with van der Waals surface area (Å²) in [5.74, 6) is -0.474. The monoisotopic (exact) mass is 343 g/mol. The van der Waals surface area contributed by atoms with Gasteiger partial charge in [-0.2, -0.15) is 4.31 Å². The maximum atomic E-state index is 12.9. The third kappa shape index (κ3) is 3.81. The minimum absolute atomic E-state index is 0.0613. The highest BCUT2D eigenvalue weighted by molar-refractivity contribution is 7.89. The molecule has 0 spiro atoms. The van der Waals surface area contributed by atoms with Gasteiger partial charge < -0.3 is 9.80 Å². The zero-order chi connectivity index (χ0) is 17.0. The normalized spacial score (nSPS) is 16.4. The van der Waals surface area contributed by atoms with E-state index in [-0.39, 0.29) is 24.0 Å². The molecule has 0 aromatic heterocycles. The molecule has 2 amide bonds. The van der Waals surface area contributed by atoms with E-state index in [1.807, 2.05) is 13.8 Å². The van der Waals surface area contributed by atoms with Crippen LogP contribution in [-0.2, 0) is 10.0 Å². The zero-order valence-electron chi connectivity index (χ0n) is 13.4. The van der Waals surface area contributed by atoms with Crippen LogP contribution >= 0.6 is 0 Å². The minimum Gasteiger partial charge on any atom is -0.325 e. The van der Waals surface area contributed by atoms with Crippen LogP contribution in [-0.4, -0.2) is 67.8 Å².